The van der Waals surface area contributed by atoms with Crippen molar-refractivity contribution >= 4 is 11.6 Å². The zero-order valence-corrected chi connectivity index (χ0v) is 13.4. The Labute approximate surface area is 126 Å². The van der Waals surface area contributed by atoms with Gasteiger partial charge in [0.05, 0.1) is 11.9 Å². The van der Waals surface area contributed by atoms with Gasteiger partial charge in [-0.15, -0.1) is 0 Å². The van der Waals surface area contributed by atoms with Crippen molar-refractivity contribution in [3.05, 3.63) is 17.7 Å². The molecular weight excluding hydrogens is 264 g/mol. The molecule has 1 saturated carbocycles. The van der Waals surface area contributed by atoms with Crippen LogP contribution in [0.25, 0.3) is 0 Å². The minimum atomic E-state index is -0.181. The third kappa shape index (κ3) is 3.93. The van der Waals surface area contributed by atoms with Crippen molar-refractivity contribution in [2.24, 2.45) is 5.41 Å². The van der Waals surface area contributed by atoms with Gasteiger partial charge in [0, 0.05) is 12.0 Å². The second kappa shape index (κ2) is 6.00. The van der Waals surface area contributed by atoms with Gasteiger partial charge in [-0.1, -0.05) is 34.1 Å². The number of anilines is 1. The van der Waals surface area contributed by atoms with E-state index in [1.165, 1.54) is 12.6 Å². The normalized spacial score (nSPS) is 21.3. The Balaban J connectivity index is 2.11. The first-order valence-corrected chi connectivity index (χ1v) is 7.72. The molecule has 5 nitrogen and oxygen atoms in total. The van der Waals surface area contributed by atoms with Crippen LogP contribution >= 0.6 is 0 Å². The number of hydrogen-bond acceptors (Lipinski definition) is 4. The van der Waals surface area contributed by atoms with Crippen molar-refractivity contribution < 1.29 is 4.79 Å². The van der Waals surface area contributed by atoms with Gasteiger partial charge in [0.2, 0.25) is 0 Å². The molecule has 2 rings (SSSR count). The van der Waals surface area contributed by atoms with Crippen LogP contribution in [0.4, 0.5) is 5.69 Å². The monoisotopic (exact) mass is 290 g/mol. The average molecular weight is 290 g/mol. The lowest BCUT2D eigenvalue weighted by molar-refractivity contribution is 0.0898. The molecule has 0 aromatic carbocycles. The molecule has 1 aliphatic rings. The Morgan fingerprint density at radius 1 is 1.48 bits per heavy atom. The summed E-state index contributed by atoms with van der Waals surface area (Å²) in [6.07, 6.45) is 5.92. The maximum absolute atomic E-state index is 12.4. The standard InChI is InChI=1S/C16H26N4O/c1-10(2)14-18-9-12(17)13(20-14)15(21)19-11-6-5-7-16(3,4)8-11/h9-11H,5-8,17H2,1-4H3,(H,19,21). The van der Waals surface area contributed by atoms with Crippen LogP contribution in [0.15, 0.2) is 6.20 Å². The van der Waals surface area contributed by atoms with Crippen LogP contribution in [-0.4, -0.2) is 21.9 Å². The summed E-state index contributed by atoms with van der Waals surface area (Å²) in [7, 11) is 0. The van der Waals surface area contributed by atoms with E-state index in [0.29, 0.717) is 17.2 Å². The lowest BCUT2D eigenvalue weighted by Gasteiger charge is -2.35. The van der Waals surface area contributed by atoms with E-state index in [0.717, 1.165) is 19.3 Å². The third-order valence-corrected chi connectivity index (χ3v) is 4.11. The van der Waals surface area contributed by atoms with Crippen molar-refractivity contribution in [2.45, 2.75) is 65.3 Å². The highest BCUT2D eigenvalue weighted by Crippen LogP contribution is 2.35. The summed E-state index contributed by atoms with van der Waals surface area (Å²) in [6.45, 7) is 8.50. The molecule has 1 aliphatic carbocycles. The van der Waals surface area contributed by atoms with Crippen LogP contribution in [0.3, 0.4) is 0 Å². The van der Waals surface area contributed by atoms with Crippen LogP contribution in [0, 0.1) is 5.41 Å². The smallest absolute Gasteiger partial charge is 0.272 e. The largest absolute Gasteiger partial charge is 0.396 e. The van der Waals surface area contributed by atoms with Gasteiger partial charge in [-0.05, 0) is 24.7 Å². The van der Waals surface area contributed by atoms with Gasteiger partial charge in [-0.2, -0.15) is 0 Å². The molecule has 1 unspecified atom stereocenters. The van der Waals surface area contributed by atoms with E-state index in [4.69, 9.17) is 5.73 Å². The fourth-order valence-electron chi connectivity index (χ4n) is 2.94. The maximum Gasteiger partial charge on any atom is 0.272 e. The summed E-state index contributed by atoms with van der Waals surface area (Å²) in [5.74, 6) is 0.642. The number of nitrogens with zero attached hydrogens (tertiary/aromatic N) is 2. The summed E-state index contributed by atoms with van der Waals surface area (Å²) in [4.78, 5) is 20.9. The van der Waals surface area contributed by atoms with E-state index in [1.807, 2.05) is 13.8 Å². The van der Waals surface area contributed by atoms with E-state index in [-0.39, 0.29) is 23.3 Å². The van der Waals surface area contributed by atoms with E-state index in [1.54, 1.807) is 0 Å². The van der Waals surface area contributed by atoms with Crippen molar-refractivity contribution in [3.63, 3.8) is 0 Å². The number of aromatic nitrogens is 2. The highest BCUT2D eigenvalue weighted by molar-refractivity contribution is 5.97. The lowest BCUT2D eigenvalue weighted by Crippen LogP contribution is -2.41. The molecule has 0 aliphatic heterocycles. The molecule has 1 amide bonds. The number of rotatable bonds is 3. The van der Waals surface area contributed by atoms with Gasteiger partial charge in [0.25, 0.3) is 5.91 Å². The van der Waals surface area contributed by atoms with E-state index < -0.39 is 0 Å². The summed E-state index contributed by atoms with van der Waals surface area (Å²) >= 11 is 0. The molecule has 21 heavy (non-hydrogen) atoms. The minimum Gasteiger partial charge on any atom is -0.396 e. The number of amides is 1. The quantitative estimate of drug-likeness (QED) is 0.897. The number of nitrogen functional groups attached to an aromatic ring is 1. The summed E-state index contributed by atoms with van der Waals surface area (Å²) in [6, 6.07) is 0.207. The lowest BCUT2D eigenvalue weighted by atomic mass is 9.75. The Morgan fingerprint density at radius 3 is 2.81 bits per heavy atom. The Hall–Kier alpha value is -1.65. The van der Waals surface area contributed by atoms with Crippen molar-refractivity contribution in [2.75, 3.05) is 5.73 Å². The highest BCUT2D eigenvalue weighted by atomic mass is 16.2. The first-order chi connectivity index (χ1) is 9.78. The first kappa shape index (κ1) is 15.7. The average Bonchev–Trinajstić information content (AvgIpc) is 2.37. The van der Waals surface area contributed by atoms with E-state index >= 15 is 0 Å². The molecule has 5 heteroatoms. The van der Waals surface area contributed by atoms with Crippen LogP contribution in [-0.2, 0) is 0 Å². The Morgan fingerprint density at radius 2 is 2.19 bits per heavy atom. The first-order valence-electron chi connectivity index (χ1n) is 7.72. The number of nitrogens with one attached hydrogen (secondary N) is 1. The predicted molar refractivity (Wildman–Crippen MR) is 84.0 cm³/mol. The second-order valence-electron chi connectivity index (χ2n) is 7.12. The highest BCUT2D eigenvalue weighted by Gasteiger charge is 2.29. The van der Waals surface area contributed by atoms with Crippen molar-refractivity contribution in [3.8, 4) is 0 Å². The molecule has 1 aromatic rings. The van der Waals surface area contributed by atoms with Crippen molar-refractivity contribution in [1.29, 1.82) is 0 Å². The zero-order chi connectivity index (χ0) is 15.6. The SMILES string of the molecule is CC(C)c1ncc(N)c(C(=O)NC2CCCC(C)(C)C2)n1. The number of hydrogen-bond donors (Lipinski definition) is 2. The zero-order valence-electron chi connectivity index (χ0n) is 13.4. The molecular formula is C16H26N4O. The number of nitrogens with two attached hydrogens (primary N) is 1. The summed E-state index contributed by atoms with van der Waals surface area (Å²) in [5, 5.41) is 3.09. The summed E-state index contributed by atoms with van der Waals surface area (Å²) < 4.78 is 0. The minimum absolute atomic E-state index is 0.172. The second-order valence-corrected chi connectivity index (χ2v) is 7.12. The topological polar surface area (TPSA) is 80.9 Å². The fourth-order valence-corrected chi connectivity index (χ4v) is 2.94. The molecule has 116 valence electrons. The van der Waals surface area contributed by atoms with Gasteiger partial charge in [-0.25, -0.2) is 9.97 Å². The molecule has 1 heterocycles. The molecule has 0 saturated heterocycles. The van der Waals surface area contributed by atoms with E-state index in [2.05, 4.69) is 29.1 Å². The molecule has 0 bridgehead atoms. The molecule has 3 N–H and O–H groups in total. The van der Waals surface area contributed by atoms with Crippen LogP contribution < -0.4 is 11.1 Å². The predicted octanol–water partition coefficient (Wildman–Crippen LogP) is 2.88. The molecule has 0 spiro atoms. The number of carbonyl (C=O) groups excluding carboxylic acids is 1. The fraction of sp³-hybridized carbons (Fsp3) is 0.688. The molecule has 1 fully saturated rings. The van der Waals surface area contributed by atoms with Crippen LogP contribution in [0.2, 0.25) is 0 Å². The Bertz CT molecular complexity index is 525. The van der Waals surface area contributed by atoms with Crippen LogP contribution in [0.5, 0.6) is 0 Å². The van der Waals surface area contributed by atoms with Gasteiger partial charge in [0.15, 0.2) is 5.69 Å². The molecule has 1 atom stereocenters. The van der Waals surface area contributed by atoms with Gasteiger partial charge in [-0.3, -0.25) is 4.79 Å². The maximum atomic E-state index is 12.4. The molecule has 0 radical (unpaired) electrons. The number of carbonyl (C=O) groups is 1. The van der Waals surface area contributed by atoms with Crippen LogP contribution in [0.1, 0.15) is 75.6 Å². The van der Waals surface area contributed by atoms with E-state index in [9.17, 15) is 4.79 Å². The summed E-state index contributed by atoms with van der Waals surface area (Å²) in [5.41, 5.74) is 6.79. The Kier molecular flexibility index (Phi) is 4.49. The van der Waals surface area contributed by atoms with Gasteiger partial charge < -0.3 is 11.1 Å². The third-order valence-electron chi connectivity index (χ3n) is 4.11. The van der Waals surface area contributed by atoms with Gasteiger partial charge in [0.1, 0.15) is 5.82 Å². The van der Waals surface area contributed by atoms with Crippen molar-refractivity contribution in [1.82, 2.24) is 15.3 Å². The molecule has 1 aromatic heterocycles. The van der Waals surface area contributed by atoms with Gasteiger partial charge >= 0.3 is 0 Å².